The van der Waals surface area contributed by atoms with Gasteiger partial charge in [-0.25, -0.2) is 5.43 Å². The van der Waals surface area contributed by atoms with E-state index >= 15 is 0 Å². The number of hydrogen-bond donors (Lipinski definition) is 4. The third-order valence-electron chi connectivity index (χ3n) is 16.5. The van der Waals surface area contributed by atoms with Crippen molar-refractivity contribution < 1.29 is 38.8 Å². The molecule has 3 amide bonds. The summed E-state index contributed by atoms with van der Waals surface area (Å²) in [6.07, 6.45) is 58.9. The number of nitrogens with one attached hydrogen (secondary N) is 2. The first-order valence-electron chi connectivity index (χ1n) is 34.8. The molecule has 1 aromatic rings. The Morgan fingerprint density at radius 1 is 0.678 bits per heavy atom. The second-order valence-corrected chi connectivity index (χ2v) is 27.2. The molecule has 87 heavy (non-hydrogen) atoms. The molecule has 1 aromatic carbocycles. The molecule has 2 heterocycles. The quantitative estimate of drug-likeness (QED) is 0.0161. The van der Waals surface area contributed by atoms with Crippen molar-refractivity contribution in [3.63, 3.8) is 0 Å². The number of likely N-dealkylation sites (tertiary alicyclic amines) is 1. The van der Waals surface area contributed by atoms with Crippen LogP contribution in [0.3, 0.4) is 0 Å². The number of hydrazone groups is 1. The molecule has 2 aliphatic rings. The highest BCUT2D eigenvalue weighted by atomic mass is 33.1. The topological polar surface area (TPSA) is 162 Å². The van der Waals surface area contributed by atoms with E-state index in [4.69, 9.17) is 14.2 Å². The molecule has 15 heteroatoms. The zero-order valence-electron chi connectivity index (χ0n) is 55.2. The number of carbonyl (C=O) groups excluding carboxylic acids is 3. The molecular formula is C72H123N5O8S2. The first kappa shape index (κ1) is 77.8. The summed E-state index contributed by atoms with van der Waals surface area (Å²) in [6.45, 7) is 10.5. The number of unbranched alkanes of at least 4 members (excludes halogenated alkanes) is 21. The van der Waals surface area contributed by atoms with Crippen LogP contribution in [0, 0.1) is 0 Å². The molecule has 4 N–H and O–H groups in total. The molecule has 3 rings (SSSR count). The smallest absolute Gasteiger partial charge is 0.240 e. The van der Waals surface area contributed by atoms with Crippen molar-refractivity contribution in [3.05, 3.63) is 78.4 Å². The van der Waals surface area contributed by atoms with Crippen LogP contribution in [0.4, 0.5) is 0 Å². The molecular weight excluding hydrogens is 1130 g/mol. The third kappa shape index (κ3) is 40.8. The summed E-state index contributed by atoms with van der Waals surface area (Å²) in [7, 11) is 5.45. The molecule has 0 saturated carbocycles. The summed E-state index contributed by atoms with van der Waals surface area (Å²) < 4.78 is 19.5. The standard InChI is InChI=1S/C72H123N5O8S2/c1-5-7-9-11-13-15-17-19-21-23-25-27-29-31-33-37-51-72(52-38-34-32-30-28-26-24-22-20-18-16-14-12-10-8-6-2)84-62-68(85-72)49-55-76(4)54-40-36-35-39-53-73-69(80)43-41-56-83-67-47-45-64(46-48-67)63(3)74-75-70(81)50-58-87-86-57-42-44-71(82)77-60-66(79)59-65(77)61-78/h13-16,19-22,45-48,65-66,68,78-79H,5-12,17-18,23-44,49-62H2,1-4H3,(H,73,80)(H,75,81)/b15-13-,16-14-,21-19-,22-20-,74-63+/t65-,66+,68?/m0/s1. The van der Waals surface area contributed by atoms with Gasteiger partial charge in [-0.2, -0.15) is 5.10 Å². The van der Waals surface area contributed by atoms with Crippen LogP contribution < -0.4 is 15.5 Å². The van der Waals surface area contributed by atoms with Crippen molar-refractivity contribution in [2.75, 3.05) is 64.6 Å². The summed E-state index contributed by atoms with van der Waals surface area (Å²) in [6, 6.07) is 7.27. The van der Waals surface area contributed by atoms with Gasteiger partial charge in [-0.1, -0.05) is 174 Å². The van der Waals surface area contributed by atoms with Crippen LogP contribution in [0.15, 0.2) is 78.0 Å². The maximum Gasteiger partial charge on any atom is 0.240 e. The average Bonchev–Trinajstić information content (AvgIpc) is 3.74. The fourth-order valence-corrected chi connectivity index (χ4v) is 13.2. The van der Waals surface area contributed by atoms with Crippen LogP contribution in [0.5, 0.6) is 5.75 Å². The van der Waals surface area contributed by atoms with Gasteiger partial charge in [0.15, 0.2) is 5.79 Å². The zero-order valence-corrected chi connectivity index (χ0v) is 56.8. The van der Waals surface area contributed by atoms with Crippen molar-refractivity contribution in [1.82, 2.24) is 20.5 Å². The van der Waals surface area contributed by atoms with E-state index in [1.165, 1.54) is 141 Å². The first-order chi connectivity index (χ1) is 42.6. The van der Waals surface area contributed by atoms with Gasteiger partial charge in [0.2, 0.25) is 17.7 Å². The fourth-order valence-electron chi connectivity index (χ4n) is 11.1. The van der Waals surface area contributed by atoms with Gasteiger partial charge in [-0.15, -0.1) is 0 Å². The first-order valence-corrected chi connectivity index (χ1v) is 37.3. The Bertz CT molecular complexity index is 1990. The number of nitrogens with zero attached hydrogens (tertiary/aromatic N) is 3. The van der Waals surface area contributed by atoms with Gasteiger partial charge >= 0.3 is 0 Å². The van der Waals surface area contributed by atoms with Crippen molar-refractivity contribution in [2.24, 2.45) is 5.10 Å². The molecule has 0 aliphatic carbocycles. The molecule has 0 radical (unpaired) electrons. The largest absolute Gasteiger partial charge is 0.494 e. The van der Waals surface area contributed by atoms with E-state index in [0.717, 1.165) is 87.9 Å². The number of hydrogen-bond acceptors (Lipinski definition) is 12. The number of aliphatic hydroxyl groups is 2. The molecule has 2 aliphatic heterocycles. The molecule has 496 valence electrons. The van der Waals surface area contributed by atoms with E-state index in [2.05, 4.69) is 90.2 Å². The lowest BCUT2D eigenvalue weighted by atomic mass is 9.98. The normalized spacial score (nSPS) is 17.2. The number of β-amino-alcohol motifs (C(OH)–C–C–N with tert-alkyl or cyclic N) is 1. The van der Waals surface area contributed by atoms with E-state index in [1.54, 1.807) is 26.5 Å². The average molecular weight is 1250 g/mol. The van der Waals surface area contributed by atoms with Gasteiger partial charge in [0.25, 0.3) is 0 Å². The number of ether oxygens (including phenoxy) is 3. The van der Waals surface area contributed by atoms with E-state index < -0.39 is 11.9 Å². The SMILES string of the molecule is CCCCC/C=C\C/C=C\CCCCCCCCC1(CCCCCCCC/C=C\C/C=C\CCCCC)OCC(CCN(C)CCCCCCNC(=O)CCCOc2ccc(/C(C)=N/NC(=O)CCSSCCCC(=O)N3C[C@H](O)C[C@H]3CO)cc2)O1. The minimum absolute atomic E-state index is 0.0332. The third-order valence-corrected chi connectivity index (χ3v) is 19.0. The second kappa shape index (κ2) is 53.2. The highest BCUT2D eigenvalue weighted by Crippen LogP contribution is 2.36. The highest BCUT2D eigenvalue weighted by molar-refractivity contribution is 8.76. The Morgan fingerprint density at radius 2 is 1.24 bits per heavy atom. The Morgan fingerprint density at radius 3 is 1.85 bits per heavy atom. The van der Waals surface area contributed by atoms with E-state index in [-0.39, 0.29) is 36.5 Å². The molecule has 0 bridgehead atoms. The van der Waals surface area contributed by atoms with Crippen LogP contribution >= 0.6 is 21.6 Å². The van der Waals surface area contributed by atoms with Crippen LogP contribution in [0.25, 0.3) is 0 Å². The van der Waals surface area contributed by atoms with Gasteiger partial charge in [-0.05, 0) is 166 Å². The highest BCUT2D eigenvalue weighted by Gasteiger charge is 2.40. The molecule has 2 fully saturated rings. The summed E-state index contributed by atoms with van der Waals surface area (Å²) in [5, 5.41) is 26.6. The van der Waals surface area contributed by atoms with Gasteiger partial charge in [0.05, 0.1) is 43.8 Å². The van der Waals surface area contributed by atoms with Crippen molar-refractivity contribution in [3.8, 4) is 5.75 Å². The lowest BCUT2D eigenvalue weighted by molar-refractivity contribution is -0.180. The lowest BCUT2D eigenvalue weighted by Crippen LogP contribution is -2.37. The van der Waals surface area contributed by atoms with Crippen molar-refractivity contribution >= 4 is 45.0 Å². The van der Waals surface area contributed by atoms with Gasteiger partial charge < -0.3 is 39.5 Å². The van der Waals surface area contributed by atoms with Crippen LogP contribution in [0.2, 0.25) is 0 Å². The number of amides is 3. The number of benzene rings is 1. The fraction of sp³-hybridized carbons (Fsp3) is 0.750. The molecule has 0 spiro atoms. The maximum absolute atomic E-state index is 12.6. The van der Waals surface area contributed by atoms with Crippen LogP contribution in [-0.2, 0) is 23.9 Å². The molecule has 0 aromatic heterocycles. The number of aliphatic hydroxyl groups excluding tert-OH is 2. The molecule has 13 nitrogen and oxygen atoms in total. The molecule has 2 saturated heterocycles. The second-order valence-electron chi connectivity index (χ2n) is 24.5. The molecule has 1 unspecified atom stereocenters. The minimum Gasteiger partial charge on any atom is -0.494 e. The Labute approximate surface area is 537 Å². The Kier molecular flexibility index (Phi) is 47.6. The number of allylic oxidation sites excluding steroid dienone is 8. The number of carbonyl (C=O) groups is 3. The van der Waals surface area contributed by atoms with Crippen LogP contribution in [0.1, 0.15) is 264 Å². The van der Waals surface area contributed by atoms with Crippen molar-refractivity contribution in [2.45, 2.75) is 282 Å². The minimum atomic E-state index is -0.562. The van der Waals surface area contributed by atoms with E-state index in [0.29, 0.717) is 76.3 Å². The summed E-state index contributed by atoms with van der Waals surface area (Å²) >= 11 is 0. The van der Waals surface area contributed by atoms with Gasteiger partial charge in [0.1, 0.15) is 5.75 Å². The monoisotopic (exact) mass is 1250 g/mol. The summed E-state index contributed by atoms with van der Waals surface area (Å²) in [5.74, 6) is 1.58. The van der Waals surface area contributed by atoms with Crippen molar-refractivity contribution in [1.29, 1.82) is 0 Å². The van der Waals surface area contributed by atoms with Gasteiger partial charge in [-0.3, -0.25) is 14.4 Å². The van der Waals surface area contributed by atoms with E-state index in [9.17, 15) is 24.6 Å². The summed E-state index contributed by atoms with van der Waals surface area (Å²) in [4.78, 5) is 41.4. The summed E-state index contributed by atoms with van der Waals surface area (Å²) in [5.41, 5.74) is 4.19. The Hall–Kier alpha value is -3.44. The molecule has 3 atom stereocenters. The van der Waals surface area contributed by atoms with E-state index in [1.807, 2.05) is 31.2 Å². The Balaban J connectivity index is 1.21. The lowest BCUT2D eigenvalue weighted by Gasteiger charge is -2.29. The predicted molar refractivity (Wildman–Crippen MR) is 369 cm³/mol. The van der Waals surface area contributed by atoms with Gasteiger partial charge in [0, 0.05) is 63.2 Å². The zero-order chi connectivity index (χ0) is 62.5. The number of rotatable bonds is 56. The maximum atomic E-state index is 12.6. The predicted octanol–water partition coefficient (Wildman–Crippen LogP) is 16.7. The van der Waals surface area contributed by atoms with Crippen LogP contribution in [-0.4, -0.2) is 132 Å².